The highest BCUT2D eigenvalue weighted by molar-refractivity contribution is 5.91. The third-order valence-electron chi connectivity index (χ3n) is 4.08. The zero-order chi connectivity index (χ0) is 19.5. The molecule has 26 heavy (non-hydrogen) atoms. The number of hydrogen-bond acceptors (Lipinski definition) is 5. The van der Waals surface area contributed by atoms with E-state index in [0.29, 0.717) is 5.69 Å². The van der Waals surface area contributed by atoms with E-state index in [2.05, 4.69) is 20.8 Å². The van der Waals surface area contributed by atoms with Gasteiger partial charge in [-0.1, -0.05) is 45.0 Å². The maximum absolute atomic E-state index is 12.2. The fourth-order valence-corrected chi connectivity index (χ4v) is 2.51. The van der Waals surface area contributed by atoms with Gasteiger partial charge >= 0.3 is 5.97 Å². The van der Waals surface area contributed by atoms with Crippen LogP contribution in [0, 0.1) is 10.1 Å². The average molecular weight is 356 g/mol. The lowest BCUT2D eigenvalue weighted by Gasteiger charge is -2.19. The number of hydrogen-bond donors (Lipinski definition) is 0. The van der Waals surface area contributed by atoms with E-state index < -0.39 is 10.9 Å². The summed E-state index contributed by atoms with van der Waals surface area (Å²) in [6, 6.07) is 12.2. The monoisotopic (exact) mass is 356 g/mol. The fraction of sp³-hybridized carbons (Fsp3) is 0.350. The number of nitro groups is 1. The minimum absolute atomic E-state index is 0.0579. The Labute approximate surface area is 153 Å². The van der Waals surface area contributed by atoms with Crippen molar-refractivity contribution in [1.82, 2.24) is 0 Å². The van der Waals surface area contributed by atoms with Crippen LogP contribution in [-0.2, 0) is 16.8 Å². The molecule has 0 N–H and O–H groups in total. The van der Waals surface area contributed by atoms with Crippen molar-refractivity contribution in [1.29, 1.82) is 0 Å². The number of ether oxygens (including phenoxy) is 1. The number of carbonyl (C=O) groups is 1. The van der Waals surface area contributed by atoms with E-state index in [-0.39, 0.29) is 23.3 Å². The number of nitrogens with zero attached hydrogens (tertiary/aromatic N) is 2. The Kier molecular flexibility index (Phi) is 5.65. The molecule has 2 rings (SSSR count). The zero-order valence-electron chi connectivity index (χ0n) is 15.8. The molecular weight excluding hydrogens is 332 g/mol. The molecule has 2 aromatic rings. The summed E-state index contributed by atoms with van der Waals surface area (Å²) in [7, 11) is 3.42. The largest absolute Gasteiger partial charge is 0.457 e. The van der Waals surface area contributed by atoms with Crippen molar-refractivity contribution in [2.24, 2.45) is 0 Å². The third kappa shape index (κ3) is 4.59. The van der Waals surface area contributed by atoms with Crippen molar-refractivity contribution >= 4 is 17.3 Å². The van der Waals surface area contributed by atoms with Gasteiger partial charge in [-0.05, 0) is 28.7 Å². The fourth-order valence-electron chi connectivity index (χ4n) is 2.51. The highest BCUT2D eigenvalue weighted by Crippen LogP contribution is 2.28. The highest BCUT2D eigenvalue weighted by atomic mass is 16.6. The van der Waals surface area contributed by atoms with Crippen molar-refractivity contribution in [2.75, 3.05) is 19.0 Å². The third-order valence-corrected chi connectivity index (χ3v) is 4.08. The van der Waals surface area contributed by atoms with Gasteiger partial charge in [0, 0.05) is 20.2 Å². The lowest BCUT2D eigenvalue weighted by molar-refractivity contribution is -0.384. The van der Waals surface area contributed by atoms with Crippen LogP contribution in [0.25, 0.3) is 0 Å². The van der Waals surface area contributed by atoms with Crippen LogP contribution >= 0.6 is 0 Å². The molecule has 0 aliphatic carbocycles. The first kappa shape index (κ1) is 19.4. The first-order chi connectivity index (χ1) is 12.1. The van der Waals surface area contributed by atoms with Crippen molar-refractivity contribution in [3.63, 3.8) is 0 Å². The van der Waals surface area contributed by atoms with Crippen molar-refractivity contribution in [2.45, 2.75) is 32.8 Å². The van der Waals surface area contributed by atoms with E-state index in [1.165, 1.54) is 17.7 Å². The van der Waals surface area contributed by atoms with E-state index in [9.17, 15) is 14.9 Å². The van der Waals surface area contributed by atoms with E-state index >= 15 is 0 Å². The van der Waals surface area contributed by atoms with Gasteiger partial charge in [0.25, 0.3) is 5.69 Å². The second-order valence-electron chi connectivity index (χ2n) is 7.38. The second-order valence-corrected chi connectivity index (χ2v) is 7.38. The van der Waals surface area contributed by atoms with Gasteiger partial charge in [-0.15, -0.1) is 0 Å². The Hall–Kier alpha value is -2.89. The van der Waals surface area contributed by atoms with Crippen molar-refractivity contribution in [3.05, 3.63) is 69.3 Å². The summed E-state index contributed by atoms with van der Waals surface area (Å²) >= 11 is 0. The molecule has 2 aromatic carbocycles. The summed E-state index contributed by atoms with van der Waals surface area (Å²) in [6.07, 6.45) is 0. The molecule has 6 nitrogen and oxygen atoms in total. The van der Waals surface area contributed by atoms with Crippen LogP contribution in [-0.4, -0.2) is 25.0 Å². The molecule has 0 fully saturated rings. The summed E-state index contributed by atoms with van der Waals surface area (Å²) < 4.78 is 5.30. The van der Waals surface area contributed by atoms with Crippen LogP contribution in [0.15, 0.2) is 42.5 Å². The van der Waals surface area contributed by atoms with Crippen molar-refractivity contribution < 1.29 is 14.5 Å². The van der Waals surface area contributed by atoms with E-state index in [0.717, 1.165) is 5.56 Å². The van der Waals surface area contributed by atoms with Gasteiger partial charge in [0.05, 0.1) is 10.5 Å². The molecule has 0 radical (unpaired) electrons. The summed E-state index contributed by atoms with van der Waals surface area (Å²) in [5.41, 5.74) is 2.59. The molecular formula is C20H24N2O4. The van der Waals surface area contributed by atoms with Gasteiger partial charge in [-0.25, -0.2) is 4.79 Å². The Bertz CT molecular complexity index is 806. The Morgan fingerprint density at radius 3 is 2.23 bits per heavy atom. The normalized spacial score (nSPS) is 11.1. The van der Waals surface area contributed by atoms with E-state index in [4.69, 9.17) is 4.74 Å². The highest BCUT2D eigenvalue weighted by Gasteiger charge is 2.19. The molecule has 0 amide bonds. The van der Waals surface area contributed by atoms with E-state index in [1.54, 1.807) is 25.1 Å². The molecule has 0 bridgehead atoms. The summed E-state index contributed by atoms with van der Waals surface area (Å²) in [4.78, 5) is 24.6. The average Bonchev–Trinajstić information content (AvgIpc) is 2.58. The van der Waals surface area contributed by atoms with Gasteiger partial charge in [0.1, 0.15) is 12.3 Å². The Balaban J connectivity index is 2.10. The quantitative estimate of drug-likeness (QED) is 0.453. The van der Waals surface area contributed by atoms with Crippen LogP contribution < -0.4 is 4.90 Å². The second kappa shape index (κ2) is 7.56. The van der Waals surface area contributed by atoms with E-state index in [1.807, 2.05) is 24.3 Å². The molecule has 6 heteroatoms. The van der Waals surface area contributed by atoms with Crippen LogP contribution in [0.3, 0.4) is 0 Å². The van der Waals surface area contributed by atoms with Crippen LogP contribution in [0.1, 0.15) is 42.3 Å². The molecule has 0 saturated heterocycles. The molecule has 0 unspecified atom stereocenters. The van der Waals surface area contributed by atoms with Gasteiger partial charge in [0.2, 0.25) is 0 Å². The Morgan fingerprint density at radius 1 is 1.12 bits per heavy atom. The molecule has 0 aliphatic heterocycles. The first-order valence-electron chi connectivity index (χ1n) is 8.32. The summed E-state index contributed by atoms with van der Waals surface area (Å²) in [5.74, 6) is -0.585. The number of anilines is 1. The minimum atomic E-state index is -0.585. The molecule has 138 valence electrons. The zero-order valence-corrected chi connectivity index (χ0v) is 15.8. The van der Waals surface area contributed by atoms with Crippen molar-refractivity contribution in [3.8, 4) is 0 Å². The number of carbonyl (C=O) groups excluding carboxylic acids is 1. The summed E-state index contributed by atoms with van der Waals surface area (Å²) in [5, 5.41) is 11.2. The smallest absolute Gasteiger partial charge is 0.338 e. The molecule has 0 heterocycles. The van der Waals surface area contributed by atoms with Crippen LogP contribution in [0.5, 0.6) is 0 Å². The van der Waals surface area contributed by atoms with Gasteiger partial charge in [0.15, 0.2) is 0 Å². The molecule has 0 aliphatic rings. The maximum Gasteiger partial charge on any atom is 0.338 e. The standard InChI is InChI=1S/C20H24N2O4/c1-20(2,3)16-9-6-14(7-10-16)13-26-19(23)15-8-11-17(21(4)5)18(12-15)22(24)25/h6-12H,13H2,1-5H3. The predicted molar refractivity (Wildman–Crippen MR) is 102 cm³/mol. The number of benzene rings is 2. The van der Waals surface area contributed by atoms with Crippen LogP contribution in [0.2, 0.25) is 0 Å². The minimum Gasteiger partial charge on any atom is -0.457 e. The summed E-state index contributed by atoms with van der Waals surface area (Å²) in [6.45, 7) is 6.51. The predicted octanol–water partition coefficient (Wildman–Crippen LogP) is 4.32. The molecule has 0 saturated carbocycles. The number of esters is 1. The number of nitro benzene ring substituents is 1. The molecule has 0 aromatic heterocycles. The lowest BCUT2D eigenvalue weighted by atomic mass is 9.87. The number of rotatable bonds is 5. The first-order valence-corrected chi connectivity index (χ1v) is 8.32. The van der Waals surface area contributed by atoms with Gasteiger partial charge in [-0.2, -0.15) is 0 Å². The van der Waals surface area contributed by atoms with Crippen LogP contribution in [0.4, 0.5) is 11.4 Å². The Morgan fingerprint density at radius 2 is 1.73 bits per heavy atom. The molecule has 0 atom stereocenters. The SMILES string of the molecule is CN(C)c1ccc(C(=O)OCc2ccc(C(C)(C)C)cc2)cc1[N+](=O)[O-]. The lowest BCUT2D eigenvalue weighted by Crippen LogP contribution is -2.13. The maximum atomic E-state index is 12.2. The molecule has 0 spiro atoms. The topological polar surface area (TPSA) is 72.7 Å². The van der Waals surface area contributed by atoms with Gasteiger partial charge in [-0.3, -0.25) is 10.1 Å². The van der Waals surface area contributed by atoms with Gasteiger partial charge < -0.3 is 9.64 Å².